The number of carbonyl (C=O) groups excluding carboxylic acids is 1. The Morgan fingerprint density at radius 3 is 2.36 bits per heavy atom. The highest BCUT2D eigenvalue weighted by Gasteiger charge is 2.38. The molecular weight excluding hydrogens is 276 g/mol. The first-order valence-corrected chi connectivity index (χ1v) is 7.87. The van der Waals surface area contributed by atoms with Gasteiger partial charge in [-0.2, -0.15) is 0 Å². The Labute approximate surface area is 133 Å². The van der Waals surface area contributed by atoms with E-state index in [4.69, 9.17) is 4.74 Å². The van der Waals surface area contributed by atoms with E-state index in [1.54, 1.807) is 7.11 Å². The van der Waals surface area contributed by atoms with Crippen molar-refractivity contribution in [2.45, 2.75) is 64.6 Å². The van der Waals surface area contributed by atoms with Gasteiger partial charge in [-0.1, -0.05) is 12.1 Å². The molecule has 0 radical (unpaired) electrons. The first-order chi connectivity index (χ1) is 10.1. The summed E-state index contributed by atoms with van der Waals surface area (Å²) in [4.78, 5) is 12.7. The molecule has 0 aromatic heterocycles. The van der Waals surface area contributed by atoms with Crippen molar-refractivity contribution in [2.75, 3.05) is 7.11 Å². The molecule has 0 saturated carbocycles. The van der Waals surface area contributed by atoms with Crippen LogP contribution in [0.2, 0.25) is 0 Å². The van der Waals surface area contributed by atoms with Gasteiger partial charge in [0.15, 0.2) is 0 Å². The van der Waals surface area contributed by atoms with Crippen LogP contribution in [0.15, 0.2) is 18.2 Å². The molecule has 1 saturated heterocycles. The number of hydrogen-bond donors (Lipinski definition) is 2. The van der Waals surface area contributed by atoms with Crippen molar-refractivity contribution in [3.63, 3.8) is 0 Å². The monoisotopic (exact) mass is 304 g/mol. The molecule has 0 spiro atoms. The van der Waals surface area contributed by atoms with Gasteiger partial charge in [0.1, 0.15) is 5.75 Å². The van der Waals surface area contributed by atoms with E-state index in [1.807, 2.05) is 25.1 Å². The summed E-state index contributed by atoms with van der Waals surface area (Å²) >= 11 is 0. The predicted octanol–water partition coefficient (Wildman–Crippen LogP) is 3.04. The molecule has 0 bridgehead atoms. The number of nitrogens with one attached hydrogen (secondary N) is 2. The minimum atomic E-state index is -0.0477. The third-order valence-corrected chi connectivity index (χ3v) is 4.21. The van der Waals surface area contributed by atoms with Crippen molar-refractivity contribution >= 4 is 5.91 Å². The zero-order chi connectivity index (χ0) is 16.5. The van der Waals surface area contributed by atoms with E-state index in [9.17, 15) is 4.79 Å². The summed E-state index contributed by atoms with van der Waals surface area (Å²) in [6.45, 7) is 10.7. The van der Waals surface area contributed by atoms with E-state index in [0.29, 0.717) is 11.3 Å². The summed E-state index contributed by atoms with van der Waals surface area (Å²) in [5.41, 5.74) is 1.59. The molecule has 2 rings (SSSR count). The molecule has 122 valence electrons. The van der Waals surface area contributed by atoms with Crippen LogP contribution in [-0.4, -0.2) is 30.1 Å². The van der Waals surface area contributed by atoms with Gasteiger partial charge >= 0.3 is 0 Å². The minimum Gasteiger partial charge on any atom is -0.496 e. The van der Waals surface area contributed by atoms with Crippen LogP contribution in [0, 0.1) is 6.92 Å². The smallest absolute Gasteiger partial charge is 0.255 e. The molecule has 0 atom stereocenters. The van der Waals surface area contributed by atoms with Crippen LogP contribution in [0.25, 0.3) is 0 Å². The number of carbonyl (C=O) groups is 1. The zero-order valence-electron chi connectivity index (χ0n) is 14.5. The number of methoxy groups -OCH3 is 1. The van der Waals surface area contributed by atoms with Gasteiger partial charge in [-0.3, -0.25) is 4.79 Å². The maximum atomic E-state index is 12.7. The van der Waals surface area contributed by atoms with E-state index in [-0.39, 0.29) is 23.0 Å². The normalized spacial score (nSPS) is 20.5. The molecule has 2 N–H and O–H groups in total. The molecule has 1 fully saturated rings. The van der Waals surface area contributed by atoms with Crippen LogP contribution in [0.1, 0.15) is 56.5 Å². The topological polar surface area (TPSA) is 50.4 Å². The molecule has 1 aromatic rings. The predicted molar refractivity (Wildman–Crippen MR) is 89.5 cm³/mol. The van der Waals surface area contributed by atoms with Gasteiger partial charge in [-0.05, 0) is 59.1 Å². The quantitative estimate of drug-likeness (QED) is 0.902. The van der Waals surface area contributed by atoms with E-state index in [1.165, 1.54) is 0 Å². The summed E-state index contributed by atoms with van der Waals surface area (Å²) in [5.74, 6) is 0.582. The number of rotatable bonds is 3. The summed E-state index contributed by atoms with van der Waals surface area (Å²) in [5, 5.41) is 6.84. The van der Waals surface area contributed by atoms with Crippen LogP contribution in [0.4, 0.5) is 0 Å². The summed E-state index contributed by atoms with van der Waals surface area (Å²) in [6, 6.07) is 5.83. The Morgan fingerprint density at radius 1 is 1.23 bits per heavy atom. The Hall–Kier alpha value is -1.55. The SMILES string of the molecule is COc1cccc(C)c1C(=O)NC1CC(C)(C)NC(C)(C)C1. The molecule has 1 amide bonds. The van der Waals surface area contributed by atoms with Crippen molar-refractivity contribution < 1.29 is 9.53 Å². The van der Waals surface area contributed by atoms with Gasteiger partial charge in [-0.15, -0.1) is 0 Å². The van der Waals surface area contributed by atoms with Crippen LogP contribution in [0.3, 0.4) is 0 Å². The van der Waals surface area contributed by atoms with Crippen molar-refractivity contribution in [1.29, 1.82) is 0 Å². The Bertz CT molecular complexity index is 548. The Kier molecular flexibility index (Phi) is 4.52. The number of amides is 1. The van der Waals surface area contributed by atoms with Gasteiger partial charge in [0.05, 0.1) is 12.7 Å². The fourth-order valence-electron chi connectivity index (χ4n) is 3.78. The van der Waals surface area contributed by atoms with Gasteiger partial charge in [0.2, 0.25) is 0 Å². The second-order valence-corrected chi connectivity index (χ2v) is 7.62. The molecule has 4 heteroatoms. The van der Waals surface area contributed by atoms with Crippen LogP contribution in [0.5, 0.6) is 5.75 Å². The number of benzene rings is 1. The number of aryl methyl sites for hydroxylation is 1. The van der Waals surface area contributed by atoms with Crippen molar-refractivity contribution in [3.05, 3.63) is 29.3 Å². The van der Waals surface area contributed by atoms with Gasteiger partial charge in [-0.25, -0.2) is 0 Å². The third kappa shape index (κ3) is 3.80. The lowest BCUT2D eigenvalue weighted by molar-refractivity contribution is 0.0869. The van der Waals surface area contributed by atoms with E-state index < -0.39 is 0 Å². The second-order valence-electron chi connectivity index (χ2n) is 7.62. The molecule has 1 aliphatic rings. The van der Waals surface area contributed by atoms with Crippen LogP contribution in [-0.2, 0) is 0 Å². The van der Waals surface area contributed by atoms with Crippen molar-refractivity contribution in [3.8, 4) is 5.75 Å². The number of ether oxygens (including phenoxy) is 1. The van der Waals surface area contributed by atoms with Gasteiger partial charge in [0.25, 0.3) is 5.91 Å². The average Bonchev–Trinajstić information content (AvgIpc) is 2.33. The average molecular weight is 304 g/mol. The molecular formula is C18H28N2O2. The lowest BCUT2D eigenvalue weighted by atomic mass is 9.79. The molecule has 0 aliphatic carbocycles. The molecule has 4 nitrogen and oxygen atoms in total. The van der Waals surface area contributed by atoms with Crippen LogP contribution < -0.4 is 15.4 Å². The zero-order valence-corrected chi connectivity index (χ0v) is 14.5. The third-order valence-electron chi connectivity index (χ3n) is 4.21. The Balaban J connectivity index is 2.19. The summed E-state index contributed by atoms with van der Waals surface area (Å²) < 4.78 is 5.35. The van der Waals surface area contributed by atoms with Crippen molar-refractivity contribution in [1.82, 2.24) is 10.6 Å². The lowest BCUT2D eigenvalue weighted by Gasteiger charge is -2.46. The maximum absolute atomic E-state index is 12.7. The molecule has 0 unspecified atom stereocenters. The van der Waals surface area contributed by atoms with E-state index in [2.05, 4.69) is 38.3 Å². The highest BCUT2D eigenvalue weighted by molar-refractivity contribution is 5.98. The highest BCUT2D eigenvalue weighted by atomic mass is 16.5. The number of piperidine rings is 1. The minimum absolute atomic E-state index is 0.00944. The standard InChI is InChI=1S/C18H28N2O2/c1-12-8-7-9-14(22-6)15(12)16(21)19-13-10-17(2,3)20-18(4,5)11-13/h7-9,13,20H,10-11H2,1-6H3,(H,19,21). The lowest BCUT2D eigenvalue weighted by Crippen LogP contribution is -2.62. The van der Waals surface area contributed by atoms with E-state index >= 15 is 0 Å². The largest absolute Gasteiger partial charge is 0.496 e. The summed E-state index contributed by atoms with van der Waals surface area (Å²) in [6.07, 6.45) is 1.83. The summed E-state index contributed by atoms with van der Waals surface area (Å²) in [7, 11) is 1.60. The molecule has 1 aromatic carbocycles. The van der Waals surface area contributed by atoms with Crippen molar-refractivity contribution in [2.24, 2.45) is 0 Å². The molecule has 1 aliphatic heterocycles. The maximum Gasteiger partial charge on any atom is 0.255 e. The van der Waals surface area contributed by atoms with Gasteiger partial charge in [0, 0.05) is 17.1 Å². The molecule has 1 heterocycles. The second kappa shape index (κ2) is 5.92. The van der Waals surface area contributed by atoms with Gasteiger partial charge < -0.3 is 15.4 Å². The first kappa shape index (κ1) is 16.8. The number of hydrogen-bond acceptors (Lipinski definition) is 3. The fraction of sp³-hybridized carbons (Fsp3) is 0.611. The van der Waals surface area contributed by atoms with E-state index in [0.717, 1.165) is 18.4 Å². The van der Waals surface area contributed by atoms with Crippen LogP contribution >= 0.6 is 0 Å². The Morgan fingerprint density at radius 2 is 1.82 bits per heavy atom. The highest BCUT2D eigenvalue weighted by Crippen LogP contribution is 2.29. The molecule has 22 heavy (non-hydrogen) atoms. The first-order valence-electron chi connectivity index (χ1n) is 7.87. The fourth-order valence-corrected chi connectivity index (χ4v) is 3.78.